The lowest BCUT2D eigenvalue weighted by Crippen LogP contribution is -2.13. The molecule has 0 radical (unpaired) electrons. The van der Waals surface area contributed by atoms with Crippen LogP contribution < -0.4 is 5.73 Å². The summed E-state index contributed by atoms with van der Waals surface area (Å²) in [4.78, 5) is 8.22. The van der Waals surface area contributed by atoms with Crippen molar-refractivity contribution in [2.24, 2.45) is 5.73 Å². The Labute approximate surface area is 103 Å². The summed E-state index contributed by atoms with van der Waals surface area (Å²) in [6.45, 7) is 2.03. The normalized spacial score (nSPS) is 12.4. The quantitative estimate of drug-likeness (QED) is 0.918. The third-order valence-corrected chi connectivity index (χ3v) is 2.93. The Kier molecular flexibility index (Phi) is 3.31. The molecule has 2 rings (SSSR count). The number of hydrogen-bond donors (Lipinski definition) is 1. The largest absolute Gasteiger partial charge is 0.320 e. The van der Waals surface area contributed by atoms with Crippen molar-refractivity contribution in [3.8, 4) is 0 Å². The maximum Gasteiger partial charge on any atom is 0.0585 e. The zero-order chi connectivity index (χ0) is 11.5. The van der Waals surface area contributed by atoms with Crippen molar-refractivity contribution >= 4 is 15.9 Å². The van der Waals surface area contributed by atoms with Crippen molar-refractivity contribution in [2.45, 2.75) is 13.0 Å². The van der Waals surface area contributed by atoms with Crippen molar-refractivity contribution < 1.29 is 0 Å². The molecule has 0 aromatic carbocycles. The van der Waals surface area contributed by atoms with Crippen molar-refractivity contribution in [1.29, 1.82) is 0 Å². The fourth-order valence-electron chi connectivity index (χ4n) is 1.58. The van der Waals surface area contributed by atoms with E-state index in [4.69, 9.17) is 5.73 Å². The molecule has 4 heteroatoms. The molecule has 2 aromatic rings. The Morgan fingerprint density at radius 3 is 2.75 bits per heavy atom. The predicted molar refractivity (Wildman–Crippen MR) is 66.9 cm³/mol. The van der Waals surface area contributed by atoms with Crippen molar-refractivity contribution in [3.05, 3.63) is 58.1 Å². The number of pyridine rings is 2. The lowest BCUT2D eigenvalue weighted by molar-refractivity contribution is 0.844. The van der Waals surface area contributed by atoms with Crippen LogP contribution in [0.4, 0.5) is 0 Å². The Hall–Kier alpha value is -1.26. The summed E-state index contributed by atoms with van der Waals surface area (Å²) >= 11 is 3.39. The van der Waals surface area contributed by atoms with Gasteiger partial charge in [-0.15, -0.1) is 0 Å². The SMILES string of the molecule is Cc1ccncc1C(N)c1cncc(Br)c1. The molecule has 3 nitrogen and oxygen atoms in total. The molecule has 1 unspecified atom stereocenters. The highest BCUT2D eigenvalue weighted by Gasteiger charge is 2.11. The van der Waals surface area contributed by atoms with Crippen LogP contribution in [0.3, 0.4) is 0 Å². The Morgan fingerprint density at radius 1 is 1.25 bits per heavy atom. The van der Waals surface area contributed by atoms with Crippen molar-refractivity contribution in [3.63, 3.8) is 0 Å². The minimum Gasteiger partial charge on any atom is -0.320 e. The molecule has 82 valence electrons. The first-order valence-electron chi connectivity index (χ1n) is 4.95. The molecule has 0 fully saturated rings. The molecule has 1 atom stereocenters. The summed E-state index contributed by atoms with van der Waals surface area (Å²) < 4.78 is 0.932. The molecule has 2 heterocycles. The van der Waals surface area contributed by atoms with Gasteiger partial charge in [-0.05, 0) is 51.7 Å². The van der Waals surface area contributed by atoms with E-state index in [1.807, 2.05) is 19.1 Å². The van der Waals surface area contributed by atoms with Gasteiger partial charge in [-0.25, -0.2) is 0 Å². The van der Waals surface area contributed by atoms with Gasteiger partial charge in [0.05, 0.1) is 6.04 Å². The zero-order valence-electron chi connectivity index (χ0n) is 8.89. The number of aromatic nitrogens is 2. The number of rotatable bonds is 2. The molecule has 16 heavy (non-hydrogen) atoms. The average molecular weight is 278 g/mol. The molecule has 0 aliphatic rings. The van der Waals surface area contributed by atoms with Gasteiger partial charge in [0.1, 0.15) is 0 Å². The first-order chi connectivity index (χ1) is 7.68. The number of hydrogen-bond acceptors (Lipinski definition) is 3. The third kappa shape index (κ3) is 2.28. The number of nitrogens with two attached hydrogens (primary N) is 1. The van der Waals surface area contributed by atoms with Gasteiger partial charge in [0.15, 0.2) is 0 Å². The van der Waals surface area contributed by atoms with Gasteiger partial charge < -0.3 is 5.73 Å². The molecule has 2 aromatic heterocycles. The van der Waals surface area contributed by atoms with Crippen LogP contribution in [0.5, 0.6) is 0 Å². The second kappa shape index (κ2) is 4.72. The monoisotopic (exact) mass is 277 g/mol. The lowest BCUT2D eigenvalue weighted by atomic mass is 9.99. The van der Waals surface area contributed by atoms with Crippen LogP contribution in [0.1, 0.15) is 22.7 Å². The van der Waals surface area contributed by atoms with E-state index in [0.29, 0.717) is 0 Å². The summed E-state index contributed by atoms with van der Waals surface area (Å²) in [5, 5.41) is 0. The maximum atomic E-state index is 6.19. The van der Waals surface area contributed by atoms with Crippen LogP contribution in [-0.4, -0.2) is 9.97 Å². The highest BCUT2D eigenvalue weighted by atomic mass is 79.9. The van der Waals surface area contributed by atoms with Gasteiger partial charge >= 0.3 is 0 Å². The zero-order valence-corrected chi connectivity index (χ0v) is 10.5. The molecule has 0 bridgehead atoms. The first-order valence-corrected chi connectivity index (χ1v) is 5.74. The fraction of sp³-hybridized carbons (Fsp3) is 0.167. The second-order valence-electron chi connectivity index (χ2n) is 3.65. The van der Waals surface area contributed by atoms with Gasteiger partial charge in [0.2, 0.25) is 0 Å². The van der Waals surface area contributed by atoms with Gasteiger partial charge in [-0.3, -0.25) is 9.97 Å². The van der Waals surface area contributed by atoms with E-state index in [0.717, 1.165) is 21.2 Å². The fourth-order valence-corrected chi connectivity index (χ4v) is 1.96. The van der Waals surface area contributed by atoms with Crippen LogP contribution in [-0.2, 0) is 0 Å². The molecule has 0 aliphatic carbocycles. The van der Waals surface area contributed by atoms with Gasteiger partial charge in [-0.2, -0.15) is 0 Å². The molecule has 0 amide bonds. The number of nitrogens with zero attached hydrogens (tertiary/aromatic N) is 2. The molecular weight excluding hydrogens is 266 g/mol. The predicted octanol–water partition coefficient (Wildman–Crippen LogP) is 2.60. The molecule has 0 spiro atoms. The standard InChI is InChI=1S/C12H12BrN3/c1-8-2-3-15-7-11(8)12(14)9-4-10(13)6-16-5-9/h2-7,12H,14H2,1H3. The Balaban J connectivity index is 2.39. The van der Waals surface area contributed by atoms with E-state index in [2.05, 4.69) is 25.9 Å². The summed E-state index contributed by atoms with van der Waals surface area (Å²) in [6.07, 6.45) is 7.10. The third-order valence-electron chi connectivity index (χ3n) is 2.50. The highest BCUT2D eigenvalue weighted by molar-refractivity contribution is 9.10. The van der Waals surface area contributed by atoms with Gasteiger partial charge in [0.25, 0.3) is 0 Å². The first kappa shape index (κ1) is 11.2. The van der Waals surface area contributed by atoms with Gasteiger partial charge in [-0.1, -0.05) is 0 Å². The van der Waals surface area contributed by atoms with E-state index < -0.39 is 0 Å². The van der Waals surface area contributed by atoms with E-state index in [1.165, 1.54) is 0 Å². The van der Waals surface area contributed by atoms with Crippen LogP contribution in [0.25, 0.3) is 0 Å². The van der Waals surface area contributed by atoms with Crippen LogP contribution >= 0.6 is 15.9 Å². The van der Waals surface area contributed by atoms with E-state index in [1.54, 1.807) is 24.8 Å². The number of aryl methyl sites for hydroxylation is 1. The minimum absolute atomic E-state index is 0.182. The van der Waals surface area contributed by atoms with E-state index >= 15 is 0 Å². The van der Waals surface area contributed by atoms with Crippen LogP contribution in [0.2, 0.25) is 0 Å². The van der Waals surface area contributed by atoms with Crippen LogP contribution in [0.15, 0.2) is 41.4 Å². The second-order valence-corrected chi connectivity index (χ2v) is 4.56. The molecule has 2 N–H and O–H groups in total. The van der Waals surface area contributed by atoms with E-state index in [-0.39, 0.29) is 6.04 Å². The molecule has 0 saturated carbocycles. The highest BCUT2D eigenvalue weighted by Crippen LogP contribution is 2.22. The summed E-state index contributed by atoms with van der Waals surface area (Å²) in [5.41, 5.74) is 9.33. The molecular formula is C12H12BrN3. The summed E-state index contributed by atoms with van der Waals surface area (Å²) in [7, 11) is 0. The molecule has 0 aliphatic heterocycles. The smallest absolute Gasteiger partial charge is 0.0585 e. The Morgan fingerprint density at radius 2 is 2.06 bits per heavy atom. The summed E-state index contributed by atoms with van der Waals surface area (Å²) in [6, 6.07) is 3.75. The van der Waals surface area contributed by atoms with E-state index in [9.17, 15) is 0 Å². The molecule has 0 saturated heterocycles. The number of halogens is 1. The topological polar surface area (TPSA) is 51.8 Å². The minimum atomic E-state index is -0.182. The van der Waals surface area contributed by atoms with Crippen molar-refractivity contribution in [2.75, 3.05) is 0 Å². The lowest BCUT2D eigenvalue weighted by Gasteiger charge is -2.14. The van der Waals surface area contributed by atoms with Crippen LogP contribution in [0, 0.1) is 6.92 Å². The summed E-state index contributed by atoms with van der Waals surface area (Å²) in [5.74, 6) is 0. The van der Waals surface area contributed by atoms with Gasteiger partial charge in [0, 0.05) is 29.3 Å². The van der Waals surface area contributed by atoms with Crippen molar-refractivity contribution in [1.82, 2.24) is 9.97 Å². The average Bonchev–Trinajstić information content (AvgIpc) is 2.29. The maximum absolute atomic E-state index is 6.19. The Bertz CT molecular complexity index is 499.